The number of hydrogen-bond donors (Lipinski definition) is 0. The van der Waals surface area contributed by atoms with Crippen LogP contribution in [0.25, 0.3) is 31.8 Å². The van der Waals surface area contributed by atoms with Gasteiger partial charge in [0.25, 0.3) is 0 Å². The summed E-state index contributed by atoms with van der Waals surface area (Å²) in [4.78, 5) is 0. The third-order valence-corrected chi connectivity index (χ3v) is 7.22. The van der Waals surface area contributed by atoms with Crippen LogP contribution in [0.3, 0.4) is 0 Å². The molecule has 0 fully saturated rings. The zero-order chi connectivity index (χ0) is 16.1. The Morgan fingerprint density at radius 2 is 1.58 bits per heavy atom. The van der Waals surface area contributed by atoms with Crippen LogP contribution in [0.5, 0.6) is 0 Å². The van der Waals surface area contributed by atoms with E-state index in [-0.39, 0.29) is 0 Å². The molecule has 3 aromatic rings. The molecule has 0 unspecified atom stereocenters. The van der Waals surface area contributed by atoms with E-state index in [0.29, 0.717) is 0 Å². The van der Waals surface area contributed by atoms with E-state index < -0.39 is 0 Å². The van der Waals surface area contributed by atoms with Crippen molar-refractivity contribution in [1.29, 1.82) is 0 Å². The molecule has 24 heavy (non-hydrogen) atoms. The second kappa shape index (κ2) is 5.72. The summed E-state index contributed by atoms with van der Waals surface area (Å²) in [6, 6.07) is 17.7. The summed E-state index contributed by atoms with van der Waals surface area (Å²) in [6.07, 6.45) is 7.01. The van der Waals surface area contributed by atoms with E-state index in [0.717, 1.165) is 19.3 Å². The Labute approximate surface area is 153 Å². The smallest absolute Gasteiger partial charge is 0.0387 e. The third-order valence-electron chi connectivity index (χ3n) is 5.15. The summed E-state index contributed by atoms with van der Waals surface area (Å²) in [7, 11) is 0. The predicted molar refractivity (Wildman–Crippen MR) is 109 cm³/mol. The Morgan fingerprint density at radius 3 is 2.50 bits per heavy atom. The van der Waals surface area contributed by atoms with Crippen LogP contribution in [-0.2, 0) is 0 Å². The first kappa shape index (κ1) is 14.7. The van der Waals surface area contributed by atoms with Crippen LogP contribution in [0, 0.1) is 0 Å². The highest BCUT2D eigenvalue weighted by molar-refractivity contribution is 9.14. The van der Waals surface area contributed by atoms with Crippen LogP contribution in [-0.4, -0.2) is 0 Å². The zero-order valence-corrected chi connectivity index (χ0v) is 15.7. The fraction of sp³-hybridized carbons (Fsp3) is 0.182. The lowest BCUT2D eigenvalue weighted by molar-refractivity contribution is 1.04. The van der Waals surface area contributed by atoms with Crippen molar-refractivity contribution in [2.75, 3.05) is 0 Å². The SMILES string of the molecule is BrC1=c2ccccc2=C(C2=c3sc4ccccc4c3=CCC2)CC1. The van der Waals surface area contributed by atoms with Gasteiger partial charge >= 0.3 is 0 Å². The van der Waals surface area contributed by atoms with Crippen LogP contribution < -0.4 is 20.2 Å². The quantitative estimate of drug-likeness (QED) is 0.591. The first-order valence-corrected chi connectivity index (χ1v) is 10.1. The second-order valence-electron chi connectivity index (χ2n) is 6.49. The molecule has 0 aliphatic heterocycles. The zero-order valence-electron chi connectivity index (χ0n) is 13.3. The highest BCUT2D eigenvalue weighted by atomic mass is 79.9. The largest absolute Gasteiger partial charge is 0.135 e. The normalized spacial score (nSPS) is 16.8. The number of thiophene rings is 1. The van der Waals surface area contributed by atoms with Crippen LogP contribution in [0.4, 0.5) is 0 Å². The van der Waals surface area contributed by atoms with E-state index in [1.165, 1.54) is 41.2 Å². The maximum absolute atomic E-state index is 3.79. The average molecular weight is 393 g/mol. The molecule has 2 heteroatoms. The molecule has 2 aromatic carbocycles. The molecular formula is C22H17BrS. The van der Waals surface area contributed by atoms with Crippen molar-refractivity contribution in [2.24, 2.45) is 0 Å². The van der Waals surface area contributed by atoms with Gasteiger partial charge in [-0.05, 0) is 63.9 Å². The predicted octanol–water partition coefficient (Wildman–Crippen LogP) is 3.77. The molecule has 0 saturated heterocycles. The van der Waals surface area contributed by atoms with Crippen molar-refractivity contribution in [1.82, 2.24) is 0 Å². The Kier molecular flexibility index (Phi) is 3.50. The lowest BCUT2D eigenvalue weighted by atomic mass is 9.89. The van der Waals surface area contributed by atoms with Crippen molar-refractivity contribution < 1.29 is 0 Å². The molecule has 0 radical (unpaired) electrons. The molecule has 1 aromatic heterocycles. The van der Waals surface area contributed by atoms with Gasteiger partial charge < -0.3 is 0 Å². The lowest BCUT2D eigenvalue weighted by Crippen LogP contribution is -2.34. The van der Waals surface area contributed by atoms with Gasteiger partial charge in [-0.3, -0.25) is 0 Å². The molecule has 0 bridgehead atoms. The number of rotatable bonds is 1. The summed E-state index contributed by atoms with van der Waals surface area (Å²) < 4.78 is 4.27. The topological polar surface area (TPSA) is 0 Å². The number of halogens is 1. The minimum atomic E-state index is 1.11. The van der Waals surface area contributed by atoms with Gasteiger partial charge in [0.15, 0.2) is 0 Å². The Hall–Kier alpha value is -1.64. The molecular weight excluding hydrogens is 376 g/mol. The number of hydrogen-bond acceptors (Lipinski definition) is 1. The minimum Gasteiger partial charge on any atom is -0.135 e. The molecule has 0 amide bonds. The molecule has 5 rings (SSSR count). The van der Waals surface area contributed by atoms with Crippen molar-refractivity contribution >= 4 is 59.1 Å². The van der Waals surface area contributed by atoms with Gasteiger partial charge in [0.05, 0.1) is 0 Å². The van der Waals surface area contributed by atoms with Crippen molar-refractivity contribution in [3.05, 3.63) is 68.7 Å². The van der Waals surface area contributed by atoms with E-state index >= 15 is 0 Å². The Morgan fingerprint density at radius 1 is 0.792 bits per heavy atom. The van der Waals surface area contributed by atoms with Gasteiger partial charge in [-0.1, -0.05) is 64.5 Å². The molecule has 118 valence electrons. The maximum atomic E-state index is 3.79. The molecule has 0 N–H and O–H groups in total. The van der Waals surface area contributed by atoms with Crippen molar-refractivity contribution in [2.45, 2.75) is 25.7 Å². The van der Waals surface area contributed by atoms with E-state index in [1.807, 2.05) is 11.3 Å². The summed E-state index contributed by atoms with van der Waals surface area (Å²) in [5, 5.41) is 5.70. The van der Waals surface area contributed by atoms with Gasteiger partial charge in [0.2, 0.25) is 0 Å². The molecule has 2 aliphatic rings. The third kappa shape index (κ3) is 2.17. The number of fused-ring (bicyclic) bond motifs is 4. The fourth-order valence-corrected chi connectivity index (χ4v) is 5.91. The Balaban J connectivity index is 1.96. The summed E-state index contributed by atoms with van der Waals surface area (Å²) in [5.74, 6) is 0. The van der Waals surface area contributed by atoms with E-state index in [9.17, 15) is 0 Å². The first-order valence-electron chi connectivity index (χ1n) is 8.51. The van der Waals surface area contributed by atoms with Gasteiger partial charge in [0.1, 0.15) is 0 Å². The number of benzene rings is 2. The summed E-state index contributed by atoms with van der Waals surface area (Å²) in [5.41, 5.74) is 3.15. The molecule has 0 atom stereocenters. The average Bonchev–Trinajstić information content (AvgIpc) is 3.01. The molecule has 0 spiro atoms. The van der Waals surface area contributed by atoms with Gasteiger partial charge in [-0.2, -0.15) is 0 Å². The van der Waals surface area contributed by atoms with E-state index in [2.05, 4.69) is 70.5 Å². The highest BCUT2D eigenvalue weighted by Crippen LogP contribution is 2.29. The Bertz CT molecular complexity index is 1210. The van der Waals surface area contributed by atoms with Crippen LogP contribution in [0.2, 0.25) is 0 Å². The highest BCUT2D eigenvalue weighted by Gasteiger charge is 2.17. The standard InChI is InChI=1S/C22H17BrS/c23-20-13-12-15(14-6-1-2-7-16(14)20)18-9-5-10-19-17-8-3-4-11-21(17)24-22(18)19/h1-4,6-8,10-11H,5,9,12-13H2. The fourth-order valence-electron chi connectivity index (χ4n) is 4.05. The van der Waals surface area contributed by atoms with E-state index in [4.69, 9.17) is 0 Å². The van der Waals surface area contributed by atoms with Crippen molar-refractivity contribution in [3.63, 3.8) is 0 Å². The van der Waals surface area contributed by atoms with Crippen LogP contribution >= 0.6 is 27.3 Å². The first-order chi connectivity index (χ1) is 11.8. The van der Waals surface area contributed by atoms with Gasteiger partial charge in [-0.25, -0.2) is 0 Å². The van der Waals surface area contributed by atoms with Gasteiger partial charge in [-0.15, -0.1) is 11.3 Å². The monoisotopic (exact) mass is 392 g/mol. The van der Waals surface area contributed by atoms with Crippen LogP contribution in [0.1, 0.15) is 25.7 Å². The van der Waals surface area contributed by atoms with Crippen LogP contribution in [0.15, 0.2) is 48.5 Å². The molecule has 2 aliphatic carbocycles. The molecule has 0 nitrogen and oxygen atoms in total. The summed E-state index contributed by atoms with van der Waals surface area (Å²) >= 11 is 5.76. The summed E-state index contributed by atoms with van der Waals surface area (Å²) in [6.45, 7) is 0. The lowest BCUT2D eigenvalue weighted by Gasteiger charge is -2.18. The molecule has 1 heterocycles. The maximum Gasteiger partial charge on any atom is 0.0387 e. The van der Waals surface area contributed by atoms with E-state index in [1.54, 1.807) is 11.1 Å². The molecule has 0 saturated carbocycles. The minimum absolute atomic E-state index is 1.11. The van der Waals surface area contributed by atoms with Crippen molar-refractivity contribution in [3.8, 4) is 0 Å². The van der Waals surface area contributed by atoms with Gasteiger partial charge in [0, 0.05) is 13.7 Å². The second-order valence-corrected chi connectivity index (χ2v) is 8.50.